The van der Waals surface area contributed by atoms with Crippen LogP contribution >= 0.6 is 11.6 Å². The summed E-state index contributed by atoms with van der Waals surface area (Å²) in [6.45, 7) is 6.49. The largest absolute Gasteiger partial charge is 0.481 e. The second kappa shape index (κ2) is 11.0. The Labute approximate surface area is 219 Å². The molecule has 1 fully saturated rings. The molecule has 0 unspecified atom stereocenters. The maximum atomic E-state index is 13.4. The predicted molar refractivity (Wildman–Crippen MR) is 136 cm³/mol. The number of carboxylic acids is 1. The molecule has 1 aromatic carbocycles. The second-order valence-electron chi connectivity index (χ2n) is 10.8. The zero-order chi connectivity index (χ0) is 26.7. The Morgan fingerprint density at radius 3 is 2.62 bits per heavy atom. The highest BCUT2D eigenvalue weighted by molar-refractivity contribution is 6.33. The van der Waals surface area contributed by atoms with Crippen molar-refractivity contribution < 1.29 is 28.1 Å². The number of halogens is 2. The van der Waals surface area contributed by atoms with Crippen molar-refractivity contribution >= 4 is 29.2 Å². The number of aryl methyl sites for hydroxylation is 1. The molecule has 1 saturated carbocycles. The third kappa shape index (κ3) is 7.19. The molecule has 8 nitrogen and oxygen atoms in total. The zero-order valence-electron chi connectivity index (χ0n) is 21.1. The minimum absolute atomic E-state index is 0.0394. The molecule has 0 bridgehead atoms. The fourth-order valence-corrected chi connectivity index (χ4v) is 4.45. The van der Waals surface area contributed by atoms with Gasteiger partial charge in [0.1, 0.15) is 11.6 Å². The number of amides is 1. The van der Waals surface area contributed by atoms with Gasteiger partial charge in [0, 0.05) is 36.8 Å². The van der Waals surface area contributed by atoms with Crippen LogP contribution in [0.5, 0.6) is 0 Å². The number of carbonyl (C=O) groups is 2. The average molecular weight is 532 g/mol. The number of hydrogen-bond acceptors (Lipinski definition) is 6. The van der Waals surface area contributed by atoms with Crippen LogP contribution in [0.4, 0.5) is 10.1 Å². The molecule has 1 atom stereocenters. The summed E-state index contributed by atoms with van der Waals surface area (Å²) >= 11 is 6.05. The van der Waals surface area contributed by atoms with Crippen molar-refractivity contribution in [1.29, 1.82) is 0 Å². The molecule has 198 valence electrons. The molecule has 0 saturated heterocycles. The minimum atomic E-state index is -0.969. The lowest BCUT2D eigenvalue weighted by Crippen LogP contribution is -2.18. The number of nitrogens with one attached hydrogen (secondary N) is 1. The van der Waals surface area contributed by atoms with Crippen LogP contribution in [0.1, 0.15) is 88.1 Å². The Bertz CT molecular complexity index is 1280. The molecular weight excluding hydrogens is 501 g/mol. The van der Waals surface area contributed by atoms with Gasteiger partial charge in [-0.15, -0.1) is 0 Å². The number of carboxylic acid groups (broad SMARTS) is 1. The van der Waals surface area contributed by atoms with E-state index in [2.05, 4.69) is 36.4 Å². The van der Waals surface area contributed by atoms with Crippen LogP contribution in [-0.4, -0.2) is 27.3 Å². The molecule has 0 aliphatic heterocycles. The first-order valence-electron chi connectivity index (χ1n) is 12.4. The summed E-state index contributed by atoms with van der Waals surface area (Å²) in [5.41, 5.74) is 2.40. The highest BCUT2D eigenvalue weighted by Gasteiger charge is 2.37. The smallest absolute Gasteiger partial charge is 0.303 e. The summed E-state index contributed by atoms with van der Waals surface area (Å²) in [7, 11) is 0. The fourth-order valence-electron chi connectivity index (χ4n) is 4.24. The fraction of sp³-hybridized carbons (Fsp3) is 0.481. The van der Waals surface area contributed by atoms with E-state index in [4.69, 9.17) is 20.6 Å². The molecule has 37 heavy (non-hydrogen) atoms. The Kier molecular flexibility index (Phi) is 8.02. The van der Waals surface area contributed by atoms with E-state index >= 15 is 0 Å². The Morgan fingerprint density at radius 1 is 1.22 bits per heavy atom. The summed E-state index contributed by atoms with van der Waals surface area (Å²) in [6, 6.07) is 5.55. The quantitative estimate of drug-likeness (QED) is 0.274. The lowest BCUT2D eigenvalue weighted by molar-refractivity contribution is -0.137. The van der Waals surface area contributed by atoms with E-state index < -0.39 is 17.7 Å². The minimum Gasteiger partial charge on any atom is -0.481 e. The van der Waals surface area contributed by atoms with Crippen molar-refractivity contribution in [3.63, 3.8) is 0 Å². The molecule has 2 aromatic heterocycles. The van der Waals surface area contributed by atoms with E-state index in [1.165, 1.54) is 12.1 Å². The average Bonchev–Trinajstić information content (AvgIpc) is 3.37. The van der Waals surface area contributed by atoms with E-state index in [0.717, 1.165) is 43.1 Å². The normalized spacial score (nSPS) is 14.5. The van der Waals surface area contributed by atoms with Crippen LogP contribution in [0.3, 0.4) is 0 Å². The first kappa shape index (κ1) is 26.9. The number of nitrogens with zero attached hydrogens (tertiary/aromatic N) is 2. The van der Waals surface area contributed by atoms with E-state index in [1.54, 1.807) is 0 Å². The molecular formula is C27H31ClFN3O5. The van der Waals surface area contributed by atoms with Crippen LogP contribution in [0.25, 0.3) is 11.5 Å². The van der Waals surface area contributed by atoms with Crippen molar-refractivity contribution in [3.05, 3.63) is 52.1 Å². The molecule has 0 spiro atoms. The SMILES string of the molecule is CC(C)(C)CCc1cc(-c2onc([C@@H](CCC(=O)O)CC(=O)Nc3ccc(F)cc3Cl)c2C2CC2)no1. The molecule has 1 aliphatic carbocycles. The van der Waals surface area contributed by atoms with Crippen LogP contribution in [-0.2, 0) is 16.0 Å². The maximum absolute atomic E-state index is 13.4. The summed E-state index contributed by atoms with van der Waals surface area (Å²) in [4.78, 5) is 24.3. The first-order valence-corrected chi connectivity index (χ1v) is 12.8. The van der Waals surface area contributed by atoms with Gasteiger partial charge in [-0.25, -0.2) is 4.39 Å². The standard InChI is InChI=1S/C27H31ClFN3O5/c1-27(2,3)11-10-18-14-21(31-36-18)26-24(15-4-5-15)25(32-37-26)16(6-9-23(34)35)12-22(33)30-20-8-7-17(29)13-19(20)28/h7-8,13-16H,4-6,9-12H2,1-3H3,(H,30,33)(H,34,35)/t16-/m0/s1. The van der Waals surface area contributed by atoms with E-state index in [1.807, 2.05) is 6.07 Å². The molecule has 0 radical (unpaired) electrons. The Morgan fingerprint density at radius 2 is 1.97 bits per heavy atom. The first-order chi connectivity index (χ1) is 17.5. The second-order valence-corrected chi connectivity index (χ2v) is 11.2. The van der Waals surface area contributed by atoms with Gasteiger partial charge in [-0.05, 0) is 55.2 Å². The van der Waals surface area contributed by atoms with E-state index in [-0.39, 0.29) is 47.2 Å². The topological polar surface area (TPSA) is 118 Å². The van der Waals surface area contributed by atoms with Gasteiger partial charge >= 0.3 is 5.97 Å². The molecule has 1 amide bonds. The van der Waals surface area contributed by atoms with Gasteiger partial charge in [0.15, 0.2) is 11.5 Å². The molecule has 1 aliphatic rings. The number of benzene rings is 1. The summed E-state index contributed by atoms with van der Waals surface area (Å²) in [5.74, 6) is -0.914. The predicted octanol–water partition coefficient (Wildman–Crippen LogP) is 6.96. The van der Waals surface area contributed by atoms with Gasteiger partial charge in [-0.2, -0.15) is 0 Å². The third-order valence-electron chi connectivity index (χ3n) is 6.38. The number of aromatic nitrogens is 2. The number of rotatable bonds is 11. The molecule has 10 heteroatoms. The van der Waals surface area contributed by atoms with Gasteiger partial charge in [0.05, 0.1) is 16.4 Å². The van der Waals surface area contributed by atoms with E-state index in [9.17, 15) is 19.1 Å². The van der Waals surface area contributed by atoms with Crippen molar-refractivity contribution in [2.45, 2.75) is 77.6 Å². The molecule has 4 rings (SSSR count). The Hall–Kier alpha value is -3.20. The highest BCUT2D eigenvalue weighted by atomic mass is 35.5. The van der Waals surface area contributed by atoms with Crippen LogP contribution < -0.4 is 5.32 Å². The van der Waals surface area contributed by atoms with Gasteiger partial charge in [-0.1, -0.05) is 42.7 Å². The Balaban J connectivity index is 1.58. The van der Waals surface area contributed by atoms with Crippen LogP contribution in [0.2, 0.25) is 5.02 Å². The van der Waals surface area contributed by atoms with Gasteiger partial charge in [0.25, 0.3) is 0 Å². The number of hydrogen-bond donors (Lipinski definition) is 2. The lowest BCUT2D eigenvalue weighted by atomic mass is 9.89. The van der Waals surface area contributed by atoms with Crippen LogP contribution in [0.15, 0.2) is 33.3 Å². The lowest BCUT2D eigenvalue weighted by Gasteiger charge is -2.16. The van der Waals surface area contributed by atoms with Crippen molar-refractivity contribution in [3.8, 4) is 11.5 Å². The molecule has 2 heterocycles. The summed E-state index contributed by atoms with van der Waals surface area (Å²) < 4.78 is 24.7. The van der Waals surface area contributed by atoms with Gasteiger partial charge < -0.3 is 19.5 Å². The molecule has 2 N–H and O–H groups in total. The van der Waals surface area contributed by atoms with Crippen molar-refractivity contribution in [2.75, 3.05) is 5.32 Å². The number of anilines is 1. The summed E-state index contributed by atoms with van der Waals surface area (Å²) in [6.07, 6.45) is 3.58. The highest BCUT2D eigenvalue weighted by Crippen LogP contribution is 2.48. The zero-order valence-corrected chi connectivity index (χ0v) is 21.9. The maximum Gasteiger partial charge on any atom is 0.303 e. The number of aliphatic carboxylic acids is 1. The number of carbonyl (C=O) groups excluding carboxylic acids is 1. The van der Waals surface area contributed by atoms with E-state index in [0.29, 0.717) is 17.1 Å². The van der Waals surface area contributed by atoms with Gasteiger partial charge in [-0.3, -0.25) is 9.59 Å². The van der Waals surface area contributed by atoms with Crippen LogP contribution in [0, 0.1) is 11.2 Å². The van der Waals surface area contributed by atoms with Crippen molar-refractivity contribution in [1.82, 2.24) is 10.3 Å². The monoisotopic (exact) mass is 531 g/mol. The van der Waals surface area contributed by atoms with Gasteiger partial charge in [0.2, 0.25) is 5.91 Å². The molecule has 3 aromatic rings. The summed E-state index contributed by atoms with van der Waals surface area (Å²) in [5, 5.41) is 20.6. The van der Waals surface area contributed by atoms with Crippen molar-refractivity contribution in [2.24, 2.45) is 5.41 Å². The third-order valence-corrected chi connectivity index (χ3v) is 6.70.